The fourth-order valence-corrected chi connectivity index (χ4v) is 1.95. The maximum Gasteiger partial charge on any atom is 0.228 e. The molecule has 0 saturated carbocycles. The number of nitrogens with one attached hydrogen (secondary N) is 1. The summed E-state index contributed by atoms with van der Waals surface area (Å²) >= 11 is 3.32. The summed E-state index contributed by atoms with van der Waals surface area (Å²) in [5.41, 5.74) is 1.19. The van der Waals surface area contributed by atoms with E-state index in [9.17, 15) is 9.18 Å². The van der Waals surface area contributed by atoms with Crippen molar-refractivity contribution in [2.45, 2.75) is 6.42 Å². The first-order valence-electron chi connectivity index (χ1n) is 5.82. The molecule has 0 aromatic heterocycles. The first-order valence-corrected chi connectivity index (χ1v) is 6.62. The molecule has 3 nitrogen and oxygen atoms in total. The van der Waals surface area contributed by atoms with Crippen molar-refractivity contribution in [3.05, 3.63) is 63.9 Å². The van der Waals surface area contributed by atoms with E-state index in [-0.39, 0.29) is 17.9 Å². The first-order chi connectivity index (χ1) is 9.58. The third kappa shape index (κ3) is 3.65. The van der Waals surface area contributed by atoms with E-state index in [0.717, 1.165) is 16.1 Å². The van der Waals surface area contributed by atoms with Gasteiger partial charge in [0.2, 0.25) is 5.91 Å². The molecule has 2 rings (SSSR count). The van der Waals surface area contributed by atoms with Gasteiger partial charge in [0.15, 0.2) is 0 Å². The zero-order chi connectivity index (χ0) is 14.5. The Labute approximate surface area is 124 Å². The highest BCUT2D eigenvalue weighted by atomic mass is 79.9. The Hall–Kier alpha value is -2.19. The third-order valence-electron chi connectivity index (χ3n) is 2.65. The predicted molar refractivity (Wildman–Crippen MR) is 77.6 cm³/mol. The molecule has 0 fully saturated rings. The molecule has 0 bridgehead atoms. The molecule has 0 radical (unpaired) electrons. The number of carbonyl (C=O) groups excluding carboxylic acids is 1. The second-order valence-electron chi connectivity index (χ2n) is 4.16. The third-order valence-corrected chi connectivity index (χ3v) is 3.18. The van der Waals surface area contributed by atoms with Crippen LogP contribution in [0.25, 0.3) is 0 Å². The second-order valence-corrected chi connectivity index (χ2v) is 5.07. The van der Waals surface area contributed by atoms with E-state index < -0.39 is 5.82 Å². The summed E-state index contributed by atoms with van der Waals surface area (Å²) in [7, 11) is 0. The average molecular weight is 333 g/mol. The number of halogens is 2. The molecule has 0 aliphatic heterocycles. The minimum Gasteiger partial charge on any atom is -0.326 e. The monoisotopic (exact) mass is 332 g/mol. The number of hydrogen-bond donors (Lipinski definition) is 1. The van der Waals surface area contributed by atoms with Crippen LogP contribution < -0.4 is 5.32 Å². The summed E-state index contributed by atoms with van der Waals surface area (Å²) in [6, 6.07) is 13.0. The number of carbonyl (C=O) groups is 1. The highest BCUT2D eigenvalue weighted by Crippen LogP contribution is 2.15. The summed E-state index contributed by atoms with van der Waals surface area (Å²) < 4.78 is 14.1. The van der Waals surface area contributed by atoms with Crippen LogP contribution in [0.4, 0.5) is 10.1 Å². The van der Waals surface area contributed by atoms with Gasteiger partial charge >= 0.3 is 0 Å². The van der Waals surface area contributed by atoms with Crippen LogP contribution in [0.2, 0.25) is 0 Å². The van der Waals surface area contributed by atoms with Gasteiger partial charge in [-0.15, -0.1) is 0 Å². The molecule has 0 heterocycles. The quantitative estimate of drug-likeness (QED) is 0.932. The van der Waals surface area contributed by atoms with Crippen molar-refractivity contribution in [2.24, 2.45) is 0 Å². The molecule has 1 amide bonds. The number of nitriles is 1. The van der Waals surface area contributed by atoms with Crippen LogP contribution in [0, 0.1) is 17.1 Å². The lowest BCUT2D eigenvalue weighted by Crippen LogP contribution is -2.14. The van der Waals surface area contributed by atoms with Crippen LogP contribution in [0.15, 0.2) is 46.9 Å². The fraction of sp³-hybridized carbons (Fsp3) is 0.0667. The zero-order valence-electron chi connectivity index (χ0n) is 10.4. The number of nitrogens with zero attached hydrogens (tertiary/aromatic N) is 1. The molecule has 0 aliphatic carbocycles. The number of hydrogen-bond acceptors (Lipinski definition) is 2. The summed E-state index contributed by atoms with van der Waals surface area (Å²) in [4.78, 5) is 11.9. The van der Waals surface area contributed by atoms with Gasteiger partial charge in [-0.1, -0.05) is 28.1 Å². The van der Waals surface area contributed by atoms with Crippen LogP contribution in [0.1, 0.15) is 11.1 Å². The smallest absolute Gasteiger partial charge is 0.228 e. The van der Waals surface area contributed by atoms with E-state index in [2.05, 4.69) is 21.2 Å². The van der Waals surface area contributed by atoms with Gasteiger partial charge in [-0.2, -0.15) is 5.26 Å². The van der Waals surface area contributed by atoms with E-state index in [0.29, 0.717) is 5.69 Å². The fourth-order valence-electron chi connectivity index (χ4n) is 1.68. The number of rotatable bonds is 3. The number of amides is 1. The molecule has 0 saturated heterocycles. The highest BCUT2D eigenvalue weighted by Gasteiger charge is 2.07. The van der Waals surface area contributed by atoms with E-state index in [1.165, 1.54) is 12.1 Å². The van der Waals surface area contributed by atoms with E-state index >= 15 is 0 Å². The van der Waals surface area contributed by atoms with Crippen molar-refractivity contribution < 1.29 is 9.18 Å². The van der Waals surface area contributed by atoms with Gasteiger partial charge < -0.3 is 5.32 Å². The Morgan fingerprint density at radius 3 is 2.60 bits per heavy atom. The van der Waals surface area contributed by atoms with Crippen molar-refractivity contribution in [1.29, 1.82) is 5.26 Å². The van der Waals surface area contributed by atoms with Crippen LogP contribution in [-0.4, -0.2) is 5.91 Å². The Bertz CT molecular complexity index is 677. The van der Waals surface area contributed by atoms with Gasteiger partial charge in [0.25, 0.3) is 0 Å². The van der Waals surface area contributed by atoms with Crippen molar-refractivity contribution in [1.82, 2.24) is 0 Å². The Balaban J connectivity index is 2.05. The van der Waals surface area contributed by atoms with E-state index in [1.54, 1.807) is 6.07 Å². The maximum absolute atomic E-state index is 13.2. The molecule has 1 N–H and O–H groups in total. The molecule has 0 spiro atoms. The van der Waals surface area contributed by atoms with Crippen molar-refractivity contribution in [3.63, 3.8) is 0 Å². The summed E-state index contributed by atoms with van der Waals surface area (Å²) in [6.07, 6.45) is 0.215. The van der Waals surface area contributed by atoms with Crippen LogP contribution in [0.5, 0.6) is 0 Å². The molecule has 5 heteroatoms. The van der Waals surface area contributed by atoms with Crippen LogP contribution in [-0.2, 0) is 11.2 Å². The lowest BCUT2D eigenvalue weighted by Gasteiger charge is -2.06. The van der Waals surface area contributed by atoms with Crippen molar-refractivity contribution in [3.8, 4) is 6.07 Å². The van der Waals surface area contributed by atoms with Crippen molar-refractivity contribution >= 4 is 27.5 Å². The zero-order valence-corrected chi connectivity index (χ0v) is 11.9. The highest BCUT2D eigenvalue weighted by molar-refractivity contribution is 9.10. The predicted octanol–water partition coefficient (Wildman–Crippen LogP) is 3.64. The number of anilines is 1. The van der Waals surface area contributed by atoms with Gasteiger partial charge in [-0.3, -0.25) is 4.79 Å². The van der Waals surface area contributed by atoms with Crippen LogP contribution >= 0.6 is 15.9 Å². The lowest BCUT2D eigenvalue weighted by atomic mass is 10.1. The molecule has 2 aromatic rings. The SMILES string of the molecule is N#Cc1cc(NC(=O)Cc2ccc(Br)cc2)ccc1F. The second kappa shape index (κ2) is 6.31. The van der Waals surface area contributed by atoms with Gasteiger partial charge in [-0.25, -0.2) is 4.39 Å². The maximum atomic E-state index is 13.2. The van der Waals surface area contributed by atoms with Gasteiger partial charge in [0.1, 0.15) is 11.9 Å². The summed E-state index contributed by atoms with van der Waals surface area (Å²) in [5.74, 6) is -0.818. The molecular formula is C15H10BrFN2O. The minimum atomic E-state index is -0.599. The molecule has 0 aliphatic rings. The average Bonchev–Trinajstić information content (AvgIpc) is 2.43. The molecule has 100 valence electrons. The van der Waals surface area contributed by atoms with E-state index in [4.69, 9.17) is 5.26 Å². The standard InChI is InChI=1S/C15H10BrFN2O/c16-12-3-1-10(2-4-12)7-15(20)19-13-5-6-14(17)11(8-13)9-18/h1-6,8H,7H2,(H,19,20). The van der Waals surface area contributed by atoms with Gasteiger partial charge in [0, 0.05) is 10.2 Å². The van der Waals surface area contributed by atoms with Crippen LogP contribution in [0.3, 0.4) is 0 Å². The summed E-state index contributed by atoms with van der Waals surface area (Å²) in [5, 5.41) is 11.4. The normalized spacial score (nSPS) is 9.85. The van der Waals surface area contributed by atoms with Gasteiger partial charge in [-0.05, 0) is 35.9 Å². The summed E-state index contributed by atoms with van der Waals surface area (Å²) in [6.45, 7) is 0. The topological polar surface area (TPSA) is 52.9 Å². The number of benzene rings is 2. The van der Waals surface area contributed by atoms with Gasteiger partial charge in [0.05, 0.1) is 12.0 Å². The molecular weight excluding hydrogens is 323 g/mol. The first kappa shape index (κ1) is 14.2. The molecule has 2 aromatic carbocycles. The Morgan fingerprint density at radius 1 is 1.25 bits per heavy atom. The van der Waals surface area contributed by atoms with E-state index in [1.807, 2.05) is 24.3 Å². The molecule has 20 heavy (non-hydrogen) atoms. The molecule has 0 unspecified atom stereocenters. The molecule has 0 atom stereocenters. The Morgan fingerprint density at radius 2 is 1.95 bits per heavy atom. The minimum absolute atomic E-state index is 0.0913. The lowest BCUT2D eigenvalue weighted by molar-refractivity contribution is -0.115. The Kier molecular flexibility index (Phi) is 4.49. The largest absolute Gasteiger partial charge is 0.326 e. The van der Waals surface area contributed by atoms with Crippen molar-refractivity contribution in [2.75, 3.05) is 5.32 Å².